The van der Waals surface area contributed by atoms with Gasteiger partial charge in [-0.1, -0.05) is 35.3 Å². The molecule has 2 aromatic carbocycles. The summed E-state index contributed by atoms with van der Waals surface area (Å²) in [7, 11) is 0. The van der Waals surface area contributed by atoms with E-state index < -0.39 is 5.91 Å². The highest BCUT2D eigenvalue weighted by atomic mass is 35.5. The molecule has 0 fully saturated rings. The lowest BCUT2D eigenvalue weighted by Crippen LogP contribution is -2.32. The molecule has 0 aliphatic heterocycles. The Morgan fingerprint density at radius 1 is 1.21 bits per heavy atom. The second-order valence-electron chi connectivity index (χ2n) is 4.96. The van der Waals surface area contributed by atoms with Crippen molar-refractivity contribution in [2.24, 2.45) is 0 Å². The van der Waals surface area contributed by atoms with Gasteiger partial charge in [0.05, 0.1) is 5.69 Å². The Morgan fingerprint density at radius 3 is 2.67 bits per heavy atom. The molecule has 0 saturated carbocycles. The minimum absolute atomic E-state index is 0.0423. The van der Waals surface area contributed by atoms with Gasteiger partial charge in [0.25, 0.3) is 0 Å². The number of carbonyl (C=O) groups is 1. The van der Waals surface area contributed by atoms with Crippen LogP contribution in [0.15, 0.2) is 42.5 Å². The van der Waals surface area contributed by atoms with Gasteiger partial charge in [-0.25, -0.2) is 0 Å². The highest BCUT2D eigenvalue weighted by Crippen LogP contribution is 2.24. The van der Waals surface area contributed by atoms with Crippen molar-refractivity contribution in [3.63, 3.8) is 0 Å². The van der Waals surface area contributed by atoms with E-state index in [1.807, 2.05) is 6.92 Å². The maximum atomic E-state index is 11.9. The van der Waals surface area contributed by atoms with E-state index in [1.165, 1.54) is 6.08 Å². The normalized spacial score (nSPS) is 10.6. The summed E-state index contributed by atoms with van der Waals surface area (Å²) in [6, 6.07) is 10.0. The first kappa shape index (κ1) is 18.3. The third-order valence-electron chi connectivity index (χ3n) is 3.01. The molecule has 24 heavy (non-hydrogen) atoms. The number of rotatable bonds is 3. The summed E-state index contributed by atoms with van der Waals surface area (Å²) in [6.07, 6.45) is 2.86. The number of benzene rings is 2. The van der Waals surface area contributed by atoms with Crippen molar-refractivity contribution in [3.05, 3.63) is 63.6 Å². The van der Waals surface area contributed by atoms with Gasteiger partial charge in [-0.2, -0.15) is 0 Å². The predicted octanol–water partition coefficient (Wildman–Crippen LogP) is 4.53. The highest BCUT2D eigenvalue weighted by molar-refractivity contribution is 7.80. The lowest BCUT2D eigenvalue weighted by molar-refractivity contribution is -0.115. The van der Waals surface area contributed by atoms with Crippen LogP contribution in [0.25, 0.3) is 6.08 Å². The Hall–Kier alpha value is -2.08. The van der Waals surface area contributed by atoms with Gasteiger partial charge in [0.2, 0.25) is 5.91 Å². The zero-order valence-electron chi connectivity index (χ0n) is 12.6. The van der Waals surface area contributed by atoms with Crippen LogP contribution in [0, 0.1) is 6.92 Å². The zero-order chi connectivity index (χ0) is 17.7. The third-order valence-corrected chi connectivity index (χ3v) is 3.78. The first-order valence-corrected chi connectivity index (χ1v) is 8.06. The van der Waals surface area contributed by atoms with E-state index in [0.29, 0.717) is 21.3 Å². The Morgan fingerprint density at radius 2 is 1.96 bits per heavy atom. The number of phenolic OH excluding ortho intramolecular Hbond substituents is 1. The maximum absolute atomic E-state index is 11.9. The van der Waals surface area contributed by atoms with Gasteiger partial charge >= 0.3 is 0 Å². The fraction of sp³-hybridized carbons (Fsp3) is 0.0588. The van der Waals surface area contributed by atoms with Crippen molar-refractivity contribution >= 4 is 58.2 Å². The molecule has 0 radical (unpaired) electrons. The standard InChI is InChI=1S/C17H14Cl2N2O2S/c1-10-2-6-15(22)14(8-10)20-17(24)21-16(23)7-4-11-3-5-12(18)9-13(11)19/h2-9,22H,1H3,(H2,20,21,23,24)/b7-4+. The summed E-state index contributed by atoms with van der Waals surface area (Å²) in [5.74, 6) is -0.383. The van der Waals surface area contributed by atoms with Crippen LogP contribution in [-0.2, 0) is 4.79 Å². The number of thiocarbonyl (C=S) groups is 1. The van der Waals surface area contributed by atoms with Gasteiger partial charge in [-0.05, 0) is 60.6 Å². The molecular weight excluding hydrogens is 367 g/mol. The summed E-state index contributed by atoms with van der Waals surface area (Å²) in [4.78, 5) is 11.9. The number of amides is 1. The van der Waals surface area contributed by atoms with Crippen LogP contribution in [0.2, 0.25) is 10.0 Å². The molecule has 0 atom stereocenters. The second-order valence-corrected chi connectivity index (χ2v) is 6.22. The SMILES string of the molecule is Cc1ccc(O)c(NC(=S)NC(=O)/C=C/c2ccc(Cl)cc2Cl)c1. The van der Waals surface area contributed by atoms with Gasteiger partial charge < -0.3 is 10.4 Å². The molecule has 7 heteroatoms. The van der Waals surface area contributed by atoms with E-state index in [1.54, 1.807) is 42.5 Å². The van der Waals surface area contributed by atoms with Crippen LogP contribution in [0.3, 0.4) is 0 Å². The van der Waals surface area contributed by atoms with Crippen LogP contribution in [0.5, 0.6) is 5.75 Å². The maximum Gasteiger partial charge on any atom is 0.250 e. The van der Waals surface area contributed by atoms with E-state index in [0.717, 1.165) is 5.56 Å². The van der Waals surface area contributed by atoms with Gasteiger partial charge in [-0.3, -0.25) is 10.1 Å². The lowest BCUT2D eigenvalue weighted by Gasteiger charge is -2.10. The molecule has 3 N–H and O–H groups in total. The lowest BCUT2D eigenvalue weighted by atomic mass is 10.2. The molecule has 0 aliphatic carbocycles. The van der Waals surface area contributed by atoms with Gasteiger partial charge in [0.1, 0.15) is 5.75 Å². The molecule has 0 heterocycles. The van der Waals surface area contributed by atoms with Crippen LogP contribution >= 0.6 is 35.4 Å². The topological polar surface area (TPSA) is 61.4 Å². The Kier molecular flexibility index (Phi) is 6.20. The number of carbonyl (C=O) groups excluding carboxylic acids is 1. The molecule has 0 saturated heterocycles. The van der Waals surface area contributed by atoms with E-state index in [-0.39, 0.29) is 10.9 Å². The molecule has 2 aromatic rings. The smallest absolute Gasteiger partial charge is 0.250 e. The molecule has 0 unspecified atom stereocenters. The minimum atomic E-state index is -0.425. The number of nitrogens with one attached hydrogen (secondary N) is 2. The molecule has 124 valence electrons. The monoisotopic (exact) mass is 380 g/mol. The van der Waals surface area contributed by atoms with E-state index in [9.17, 15) is 9.90 Å². The summed E-state index contributed by atoms with van der Waals surface area (Å²) in [5.41, 5.74) is 2.03. The predicted molar refractivity (Wildman–Crippen MR) is 103 cm³/mol. The van der Waals surface area contributed by atoms with Crippen LogP contribution in [0.4, 0.5) is 5.69 Å². The van der Waals surface area contributed by atoms with Crippen molar-refractivity contribution in [2.75, 3.05) is 5.32 Å². The van der Waals surface area contributed by atoms with E-state index in [2.05, 4.69) is 10.6 Å². The molecule has 0 spiro atoms. The molecule has 0 bridgehead atoms. The Bertz CT molecular complexity index is 822. The van der Waals surface area contributed by atoms with Crippen molar-refractivity contribution in [1.82, 2.24) is 5.32 Å². The number of hydrogen-bond acceptors (Lipinski definition) is 3. The molecule has 1 amide bonds. The summed E-state index contributed by atoms with van der Waals surface area (Å²) in [6.45, 7) is 1.88. The van der Waals surface area contributed by atoms with Crippen molar-refractivity contribution in [3.8, 4) is 5.75 Å². The fourth-order valence-corrected chi connectivity index (χ4v) is 2.54. The van der Waals surface area contributed by atoms with E-state index >= 15 is 0 Å². The summed E-state index contributed by atoms with van der Waals surface area (Å²) in [5, 5.41) is 16.0. The average molecular weight is 381 g/mol. The molecular formula is C17H14Cl2N2O2S. The largest absolute Gasteiger partial charge is 0.506 e. The summed E-state index contributed by atoms with van der Waals surface area (Å²) < 4.78 is 0. The van der Waals surface area contributed by atoms with Crippen molar-refractivity contribution in [1.29, 1.82) is 0 Å². The van der Waals surface area contributed by atoms with Gasteiger partial charge in [-0.15, -0.1) is 0 Å². The second kappa shape index (κ2) is 8.15. The first-order valence-electron chi connectivity index (χ1n) is 6.90. The van der Waals surface area contributed by atoms with Crippen LogP contribution in [-0.4, -0.2) is 16.1 Å². The molecule has 4 nitrogen and oxygen atoms in total. The van der Waals surface area contributed by atoms with E-state index in [4.69, 9.17) is 35.4 Å². The molecule has 0 aliphatic rings. The van der Waals surface area contributed by atoms with Crippen molar-refractivity contribution in [2.45, 2.75) is 6.92 Å². The third kappa shape index (κ3) is 5.23. The summed E-state index contributed by atoms with van der Waals surface area (Å²) >= 11 is 16.9. The van der Waals surface area contributed by atoms with Crippen LogP contribution in [0.1, 0.15) is 11.1 Å². The Balaban J connectivity index is 1.97. The van der Waals surface area contributed by atoms with Crippen molar-refractivity contribution < 1.29 is 9.90 Å². The number of anilines is 1. The highest BCUT2D eigenvalue weighted by Gasteiger charge is 2.06. The fourth-order valence-electron chi connectivity index (χ4n) is 1.86. The first-order chi connectivity index (χ1) is 11.3. The van der Waals surface area contributed by atoms with Gasteiger partial charge in [0.15, 0.2) is 5.11 Å². The van der Waals surface area contributed by atoms with Gasteiger partial charge in [0, 0.05) is 16.1 Å². The zero-order valence-corrected chi connectivity index (χ0v) is 15.0. The number of aromatic hydroxyl groups is 1. The average Bonchev–Trinajstić information content (AvgIpc) is 2.50. The quantitative estimate of drug-likeness (QED) is 0.415. The minimum Gasteiger partial charge on any atom is -0.506 e. The number of aryl methyl sites for hydroxylation is 1. The Labute approximate surface area is 155 Å². The molecule has 2 rings (SSSR count). The molecule has 0 aromatic heterocycles. The van der Waals surface area contributed by atoms with Crippen LogP contribution < -0.4 is 10.6 Å². The number of hydrogen-bond donors (Lipinski definition) is 3. The number of halogens is 2. The number of phenols is 1.